The summed E-state index contributed by atoms with van der Waals surface area (Å²) >= 11 is 0. The van der Waals surface area contributed by atoms with Crippen LogP contribution in [0.2, 0.25) is 0 Å². The number of nitrogens with one attached hydrogen (secondary N) is 1. The minimum absolute atomic E-state index is 0.355. The maximum absolute atomic E-state index is 13.2. The largest absolute Gasteiger partial charge is 0.313 e. The summed E-state index contributed by atoms with van der Waals surface area (Å²) in [6.45, 7) is 6.82. The van der Waals surface area contributed by atoms with Crippen molar-refractivity contribution in [1.82, 2.24) is 10.2 Å². The van der Waals surface area contributed by atoms with E-state index in [2.05, 4.69) is 24.1 Å². The Kier molecular flexibility index (Phi) is 4.88. The van der Waals surface area contributed by atoms with Crippen molar-refractivity contribution in [1.29, 1.82) is 0 Å². The van der Waals surface area contributed by atoms with Crippen LogP contribution in [0.25, 0.3) is 0 Å². The molecule has 2 nitrogen and oxygen atoms in total. The van der Waals surface area contributed by atoms with Crippen molar-refractivity contribution in [3.8, 4) is 0 Å². The second kappa shape index (κ2) is 6.44. The molecule has 1 aromatic carbocycles. The Labute approximate surface area is 113 Å². The molecule has 1 aromatic rings. The fourth-order valence-electron chi connectivity index (χ4n) is 2.59. The van der Waals surface area contributed by atoms with Gasteiger partial charge in [-0.25, -0.2) is 8.78 Å². The van der Waals surface area contributed by atoms with Gasteiger partial charge in [0.15, 0.2) is 0 Å². The molecule has 19 heavy (non-hydrogen) atoms. The number of halogens is 2. The average molecular weight is 268 g/mol. The molecule has 0 saturated carbocycles. The minimum Gasteiger partial charge on any atom is -0.313 e. The van der Waals surface area contributed by atoms with E-state index in [1.807, 2.05) is 0 Å². The molecule has 1 fully saturated rings. The molecule has 0 bridgehead atoms. The van der Waals surface area contributed by atoms with Gasteiger partial charge >= 0.3 is 0 Å². The van der Waals surface area contributed by atoms with E-state index in [-0.39, 0.29) is 0 Å². The monoisotopic (exact) mass is 268 g/mol. The summed E-state index contributed by atoms with van der Waals surface area (Å²) in [7, 11) is 0. The lowest BCUT2D eigenvalue weighted by molar-refractivity contribution is 0.193. The highest BCUT2D eigenvalue weighted by molar-refractivity contribution is 5.17. The van der Waals surface area contributed by atoms with Gasteiger partial charge in [-0.05, 0) is 50.9 Å². The van der Waals surface area contributed by atoms with Crippen molar-refractivity contribution >= 4 is 0 Å². The fraction of sp³-hybridized carbons (Fsp3) is 0.600. The Hall–Kier alpha value is -1.00. The SMILES string of the molecule is CC(C)N(Cc1cc(F)cc(F)c1)CC1CCCN1. The van der Waals surface area contributed by atoms with Gasteiger partial charge in [0.05, 0.1) is 0 Å². The molecule has 0 spiro atoms. The van der Waals surface area contributed by atoms with Crippen LogP contribution in [-0.2, 0) is 6.54 Å². The molecular formula is C15H22F2N2. The van der Waals surface area contributed by atoms with Crippen LogP contribution in [0.5, 0.6) is 0 Å². The molecule has 1 saturated heterocycles. The van der Waals surface area contributed by atoms with E-state index in [0.29, 0.717) is 24.2 Å². The average Bonchev–Trinajstić information content (AvgIpc) is 2.79. The summed E-state index contributed by atoms with van der Waals surface area (Å²) in [6.07, 6.45) is 2.39. The first-order chi connectivity index (χ1) is 9.04. The Morgan fingerprint density at radius 2 is 1.95 bits per heavy atom. The molecule has 106 valence electrons. The molecule has 0 aromatic heterocycles. The van der Waals surface area contributed by atoms with Crippen LogP contribution >= 0.6 is 0 Å². The Morgan fingerprint density at radius 3 is 2.47 bits per heavy atom. The number of rotatable bonds is 5. The summed E-state index contributed by atoms with van der Waals surface area (Å²) < 4.78 is 26.4. The van der Waals surface area contributed by atoms with Crippen LogP contribution in [0.1, 0.15) is 32.3 Å². The quantitative estimate of drug-likeness (QED) is 0.883. The number of nitrogens with zero attached hydrogens (tertiary/aromatic N) is 1. The van der Waals surface area contributed by atoms with E-state index in [4.69, 9.17) is 0 Å². The standard InChI is InChI=1S/C15H22F2N2/c1-11(2)19(10-15-4-3-5-18-15)9-12-6-13(16)8-14(17)7-12/h6-8,11,15,18H,3-5,9-10H2,1-2H3. The van der Waals surface area contributed by atoms with E-state index in [1.54, 1.807) is 0 Å². The van der Waals surface area contributed by atoms with E-state index < -0.39 is 11.6 Å². The molecule has 1 heterocycles. The molecule has 0 amide bonds. The van der Waals surface area contributed by atoms with E-state index in [1.165, 1.54) is 25.0 Å². The lowest BCUT2D eigenvalue weighted by Gasteiger charge is -2.29. The number of benzene rings is 1. The highest BCUT2D eigenvalue weighted by atomic mass is 19.1. The summed E-state index contributed by atoms with van der Waals surface area (Å²) in [4.78, 5) is 2.26. The van der Waals surface area contributed by atoms with Crippen LogP contribution in [0, 0.1) is 11.6 Å². The third-order valence-corrected chi connectivity index (χ3v) is 3.66. The van der Waals surface area contributed by atoms with Crippen LogP contribution in [-0.4, -0.2) is 30.1 Å². The van der Waals surface area contributed by atoms with Crippen molar-refractivity contribution in [3.05, 3.63) is 35.4 Å². The van der Waals surface area contributed by atoms with Crippen molar-refractivity contribution < 1.29 is 8.78 Å². The van der Waals surface area contributed by atoms with Gasteiger partial charge in [0, 0.05) is 31.2 Å². The number of hydrogen-bond acceptors (Lipinski definition) is 2. The van der Waals surface area contributed by atoms with Gasteiger partial charge in [0.2, 0.25) is 0 Å². The first-order valence-corrected chi connectivity index (χ1v) is 6.97. The summed E-state index contributed by atoms with van der Waals surface area (Å²) in [5.74, 6) is -1.00. The third-order valence-electron chi connectivity index (χ3n) is 3.66. The highest BCUT2D eigenvalue weighted by Gasteiger charge is 2.20. The van der Waals surface area contributed by atoms with Crippen LogP contribution in [0.4, 0.5) is 8.78 Å². The topological polar surface area (TPSA) is 15.3 Å². The maximum atomic E-state index is 13.2. The molecule has 2 rings (SSSR count). The van der Waals surface area contributed by atoms with Gasteiger partial charge < -0.3 is 5.32 Å². The summed E-state index contributed by atoms with van der Waals surface area (Å²) in [6, 6.07) is 4.61. The van der Waals surface area contributed by atoms with Crippen LogP contribution in [0.3, 0.4) is 0 Å². The summed E-state index contributed by atoms with van der Waals surface area (Å²) in [5.41, 5.74) is 0.698. The normalized spacial score (nSPS) is 19.6. The van der Waals surface area contributed by atoms with Gasteiger partial charge in [0.1, 0.15) is 11.6 Å². The van der Waals surface area contributed by atoms with Crippen molar-refractivity contribution in [3.63, 3.8) is 0 Å². The first-order valence-electron chi connectivity index (χ1n) is 6.97. The van der Waals surface area contributed by atoms with Gasteiger partial charge in [0.25, 0.3) is 0 Å². The second-order valence-corrected chi connectivity index (χ2v) is 5.59. The van der Waals surface area contributed by atoms with Crippen molar-refractivity contribution in [2.75, 3.05) is 13.1 Å². The maximum Gasteiger partial charge on any atom is 0.126 e. The number of hydrogen-bond donors (Lipinski definition) is 1. The summed E-state index contributed by atoms with van der Waals surface area (Å²) in [5, 5.41) is 3.46. The molecular weight excluding hydrogens is 246 g/mol. The Morgan fingerprint density at radius 1 is 1.26 bits per heavy atom. The third kappa shape index (κ3) is 4.25. The molecule has 4 heteroatoms. The van der Waals surface area contributed by atoms with E-state index >= 15 is 0 Å². The minimum atomic E-state index is -0.502. The van der Waals surface area contributed by atoms with Crippen LogP contribution in [0.15, 0.2) is 18.2 Å². The van der Waals surface area contributed by atoms with E-state index in [9.17, 15) is 8.78 Å². The molecule has 1 N–H and O–H groups in total. The van der Waals surface area contributed by atoms with Gasteiger partial charge in [-0.1, -0.05) is 0 Å². The zero-order valence-electron chi connectivity index (χ0n) is 11.6. The van der Waals surface area contributed by atoms with E-state index in [0.717, 1.165) is 19.2 Å². The highest BCUT2D eigenvalue weighted by Crippen LogP contribution is 2.15. The smallest absolute Gasteiger partial charge is 0.126 e. The molecule has 1 aliphatic rings. The van der Waals surface area contributed by atoms with Crippen molar-refractivity contribution in [2.45, 2.75) is 45.3 Å². The zero-order valence-corrected chi connectivity index (χ0v) is 11.6. The molecule has 1 unspecified atom stereocenters. The van der Waals surface area contributed by atoms with Crippen LogP contribution < -0.4 is 5.32 Å². The molecule has 0 radical (unpaired) electrons. The van der Waals surface area contributed by atoms with Crippen molar-refractivity contribution in [2.24, 2.45) is 0 Å². The Bertz CT molecular complexity index is 394. The second-order valence-electron chi connectivity index (χ2n) is 5.59. The Balaban J connectivity index is 2.02. The van der Waals surface area contributed by atoms with Gasteiger partial charge in [-0.2, -0.15) is 0 Å². The predicted molar refractivity (Wildman–Crippen MR) is 72.9 cm³/mol. The van der Waals surface area contributed by atoms with Gasteiger partial charge in [-0.3, -0.25) is 4.90 Å². The molecule has 1 aliphatic heterocycles. The fourth-order valence-corrected chi connectivity index (χ4v) is 2.59. The molecule has 0 aliphatic carbocycles. The predicted octanol–water partition coefficient (Wildman–Crippen LogP) is 2.93. The molecule has 1 atom stereocenters. The lowest BCUT2D eigenvalue weighted by atomic mass is 10.1. The lowest BCUT2D eigenvalue weighted by Crippen LogP contribution is -2.40. The van der Waals surface area contributed by atoms with Gasteiger partial charge in [-0.15, -0.1) is 0 Å². The zero-order chi connectivity index (χ0) is 13.8. The first kappa shape index (κ1) is 14.4.